The fourth-order valence-electron chi connectivity index (χ4n) is 3.68. The number of methoxy groups -OCH3 is 1. The predicted molar refractivity (Wildman–Crippen MR) is 118 cm³/mol. The van der Waals surface area contributed by atoms with Crippen molar-refractivity contribution in [2.24, 2.45) is 0 Å². The number of carbonyl (C=O) groups is 2. The molecule has 7 heteroatoms. The van der Waals surface area contributed by atoms with Gasteiger partial charge in [0.15, 0.2) is 0 Å². The minimum absolute atomic E-state index is 0.0178. The summed E-state index contributed by atoms with van der Waals surface area (Å²) in [6.07, 6.45) is 0. The van der Waals surface area contributed by atoms with Gasteiger partial charge in [-0.3, -0.25) is 9.59 Å². The normalized spacial score (nSPS) is 13.7. The summed E-state index contributed by atoms with van der Waals surface area (Å²) in [5.41, 5.74) is 2.46. The second-order valence-electron chi connectivity index (χ2n) is 7.46. The Balaban J connectivity index is 1.86. The molecule has 0 unspecified atom stereocenters. The Morgan fingerprint density at radius 3 is 2.25 bits per heavy atom. The first kappa shape index (κ1) is 21.2. The van der Waals surface area contributed by atoms with Gasteiger partial charge in [-0.05, 0) is 61.4 Å². The number of hydrogen-bond acceptors (Lipinski definition) is 4. The van der Waals surface area contributed by atoms with Crippen LogP contribution in [0.2, 0.25) is 0 Å². The molecule has 2 amide bonds. The Morgan fingerprint density at radius 2 is 1.59 bits per heavy atom. The molecular weight excluding hydrogens is 414 g/mol. The van der Waals surface area contributed by atoms with Gasteiger partial charge >= 0.3 is 0 Å². The molecule has 0 bridgehead atoms. The van der Waals surface area contributed by atoms with Crippen molar-refractivity contribution in [1.82, 2.24) is 0 Å². The highest BCUT2D eigenvalue weighted by Gasteiger charge is 2.42. The van der Waals surface area contributed by atoms with E-state index >= 15 is 0 Å². The number of halogens is 2. The third-order valence-electron chi connectivity index (χ3n) is 5.24. The van der Waals surface area contributed by atoms with Crippen molar-refractivity contribution in [2.75, 3.05) is 17.3 Å². The van der Waals surface area contributed by atoms with Crippen molar-refractivity contribution >= 4 is 28.8 Å². The van der Waals surface area contributed by atoms with Crippen LogP contribution in [-0.4, -0.2) is 18.9 Å². The third-order valence-corrected chi connectivity index (χ3v) is 5.24. The van der Waals surface area contributed by atoms with Gasteiger partial charge in [0.05, 0.1) is 18.4 Å². The van der Waals surface area contributed by atoms with Crippen LogP contribution in [0, 0.1) is 25.5 Å². The monoisotopic (exact) mass is 434 g/mol. The zero-order valence-electron chi connectivity index (χ0n) is 17.7. The van der Waals surface area contributed by atoms with E-state index in [1.54, 1.807) is 30.3 Å². The number of anilines is 2. The van der Waals surface area contributed by atoms with E-state index in [0.717, 1.165) is 29.3 Å². The van der Waals surface area contributed by atoms with E-state index in [4.69, 9.17) is 4.74 Å². The molecule has 3 aromatic rings. The summed E-state index contributed by atoms with van der Waals surface area (Å²) in [5.74, 6) is -2.52. The average Bonchev–Trinajstić information content (AvgIpc) is 3.00. The summed E-state index contributed by atoms with van der Waals surface area (Å²) in [4.78, 5) is 27.4. The second kappa shape index (κ2) is 8.26. The number of hydrogen-bond donors (Lipinski definition) is 1. The van der Waals surface area contributed by atoms with Crippen LogP contribution in [-0.2, 0) is 9.59 Å². The Kier molecular flexibility index (Phi) is 5.48. The van der Waals surface area contributed by atoms with Gasteiger partial charge in [0.25, 0.3) is 11.8 Å². The molecule has 0 saturated carbocycles. The summed E-state index contributed by atoms with van der Waals surface area (Å²) in [6, 6.07) is 14.9. The molecule has 0 aromatic heterocycles. The van der Waals surface area contributed by atoms with Crippen LogP contribution in [0.5, 0.6) is 5.75 Å². The first-order valence-corrected chi connectivity index (χ1v) is 9.87. The van der Waals surface area contributed by atoms with Gasteiger partial charge in [-0.2, -0.15) is 0 Å². The zero-order chi connectivity index (χ0) is 23.0. The number of nitrogens with zero attached hydrogens (tertiary/aromatic N) is 1. The van der Waals surface area contributed by atoms with Crippen LogP contribution in [0.4, 0.5) is 20.2 Å². The number of nitrogens with one attached hydrogen (secondary N) is 1. The number of imide groups is 1. The number of aryl methyl sites for hydroxylation is 2. The maximum atomic E-state index is 14.5. The van der Waals surface area contributed by atoms with Crippen LogP contribution in [0.25, 0.3) is 5.57 Å². The molecule has 5 nitrogen and oxygen atoms in total. The maximum absolute atomic E-state index is 14.5. The Bertz CT molecular complexity index is 1270. The molecule has 0 radical (unpaired) electrons. The standard InChI is InChI=1S/C25H20F2N2O3/c1-14-4-10-19(15(2)12-14)22-23(28-17-6-8-18(32-3)9-7-17)25(31)29(24(22)30)21-13-16(26)5-11-20(21)27/h4-13,28H,1-3H3. The number of ether oxygens (including phenoxy) is 1. The van der Waals surface area contributed by atoms with Crippen LogP contribution in [0.3, 0.4) is 0 Å². The molecule has 1 heterocycles. The number of carbonyl (C=O) groups excluding carboxylic acids is 2. The summed E-state index contributed by atoms with van der Waals surface area (Å²) in [7, 11) is 1.54. The predicted octanol–water partition coefficient (Wildman–Crippen LogP) is 4.99. The van der Waals surface area contributed by atoms with E-state index in [2.05, 4.69) is 5.32 Å². The maximum Gasteiger partial charge on any atom is 0.282 e. The van der Waals surface area contributed by atoms with Gasteiger partial charge in [-0.1, -0.05) is 23.8 Å². The first-order valence-electron chi connectivity index (χ1n) is 9.87. The van der Waals surface area contributed by atoms with Gasteiger partial charge in [0, 0.05) is 11.8 Å². The smallest absolute Gasteiger partial charge is 0.282 e. The molecule has 1 N–H and O–H groups in total. The topological polar surface area (TPSA) is 58.6 Å². The Morgan fingerprint density at radius 1 is 0.875 bits per heavy atom. The van der Waals surface area contributed by atoms with Gasteiger partial charge < -0.3 is 10.1 Å². The second-order valence-corrected chi connectivity index (χ2v) is 7.46. The van der Waals surface area contributed by atoms with Gasteiger partial charge in [0.2, 0.25) is 0 Å². The van der Waals surface area contributed by atoms with Crippen LogP contribution < -0.4 is 15.0 Å². The van der Waals surface area contributed by atoms with Gasteiger partial charge in [0.1, 0.15) is 23.1 Å². The molecule has 0 aliphatic carbocycles. The van der Waals surface area contributed by atoms with Crippen molar-refractivity contribution in [2.45, 2.75) is 13.8 Å². The van der Waals surface area contributed by atoms with E-state index < -0.39 is 29.1 Å². The summed E-state index contributed by atoms with van der Waals surface area (Å²) in [5, 5.41) is 2.99. The quantitative estimate of drug-likeness (QED) is 0.575. The van der Waals surface area contributed by atoms with Crippen molar-refractivity contribution in [1.29, 1.82) is 0 Å². The van der Waals surface area contributed by atoms with Gasteiger partial charge in [-0.15, -0.1) is 0 Å². The summed E-state index contributed by atoms with van der Waals surface area (Å²) >= 11 is 0. The fraction of sp³-hybridized carbons (Fsp3) is 0.120. The van der Waals surface area contributed by atoms with E-state index in [1.165, 1.54) is 7.11 Å². The molecule has 4 rings (SSSR count). The number of rotatable bonds is 5. The molecule has 162 valence electrons. The Hall–Kier alpha value is -4.00. The molecule has 0 atom stereocenters. The van der Waals surface area contributed by atoms with E-state index in [9.17, 15) is 18.4 Å². The number of benzene rings is 3. The third kappa shape index (κ3) is 3.73. The fourth-order valence-corrected chi connectivity index (χ4v) is 3.68. The molecular formula is C25H20F2N2O3. The minimum Gasteiger partial charge on any atom is -0.497 e. The highest BCUT2D eigenvalue weighted by molar-refractivity contribution is 6.46. The summed E-state index contributed by atoms with van der Waals surface area (Å²) < 4.78 is 33.5. The first-order chi connectivity index (χ1) is 15.3. The minimum atomic E-state index is -0.876. The van der Waals surface area contributed by atoms with Crippen LogP contribution >= 0.6 is 0 Å². The molecule has 1 aliphatic heterocycles. The lowest BCUT2D eigenvalue weighted by atomic mass is 9.97. The molecule has 0 saturated heterocycles. The van der Waals surface area contributed by atoms with Crippen molar-refractivity contribution in [3.8, 4) is 5.75 Å². The molecule has 3 aromatic carbocycles. The highest BCUT2D eigenvalue weighted by atomic mass is 19.1. The van der Waals surface area contributed by atoms with Gasteiger partial charge in [-0.25, -0.2) is 13.7 Å². The molecule has 0 spiro atoms. The largest absolute Gasteiger partial charge is 0.497 e. The summed E-state index contributed by atoms with van der Waals surface area (Å²) in [6.45, 7) is 3.74. The van der Waals surface area contributed by atoms with E-state index in [1.807, 2.05) is 26.0 Å². The molecule has 0 fully saturated rings. The lowest BCUT2D eigenvalue weighted by molar-refractivity contribution is -0.120. The van der Waals surface area contributed by atoms with Crippen LogP contribution in [0.15, 0.2) is 66.4 Å². The molecule has 32 heavy (non-hydrogen) atoms. The van der Waals surface area contributed by atoms with Crippen molar-refractivity contribution in [3.05, 3.63) is 94.7 Å². The van der Waals surface area contributed by atoms with E-state index in [0.29, 0.717) is 21.9 Å². The van der Waals surface area contributed by atoms with Crippen molar-refractivity contribution in [3.63, 3.8) is 0 Å². The lowest BCUT2D eigenvalue weighted by Gasteiger charge is -2.16. The number of amides is 2. The SMILES string of the molecule is COc1ccc(NC2=C(c3ccc(C)cc3C)C(=O)N(c3cc(F)ccc3F)C2=O)cc1. The van der Waals surface area contributed by atoms with Crippen molar-refractivity contribution < 1.29 is 23.1 Å². The average molecular weight is 434 g/mol. The van der Waals surface area contributed by atoms with E-state index in [-0.39, 0.29) is 11.3 Å². The molecule has 1 aliphatic rings. The highest BCUT2D eigenvalue weighted by Crippen LogP contribution is 2.36. The zero-order valence-corrected chi connectivity index (χ0v) is 17.7. The Labute approximate surface area is 183 Å². The lowest BCUT2D eigenvalue weighted by Crippen LogP contribution is -2.33. The van der Waals surface area contributed by atoms with Crippen LogP contribution in [0.1, 0.15) is 16.7 Å².